The number of carbonyl (C=O) groups is 1. The Hall–Kier alpha value is -3.24. The van der Waals surface area contributed by atoms with Gasteiger partial charge in [-0.25, -0.2) is 18.3 Å². The zero-order valence-electron chi connectivity index (χ0n) is 18.4. The molecule has 11 heteroatoms. The van der Waals surface area contributed by atoms with Crippen molar-refractivity contribution in [2.45, 2.75) is 51.1 Å². The monoisotopic (exact) mass is 477 g/mol. The van der Waals surface area contributed by atoms with E-state index >= 15 is 0 Å². The molecule has 1 amide bonds. The second-order valence-corrected chi connectivity index (χ2v) is 8.95. The summed E-state index contributed by atoms with van der Waals surface area (Å²) in [7, 11) is 0. The first-order valence-electron chi connectivity index (χ1n) is 11.2. The molecule has 7 nitrogen and oxygen atoms in total. The van der Waals surface area contributed by atoms with Gasteiger partial charge in [0.1, 0.15) is 17.8 Å². The Morgan fingerprint density at radius 1 is 1.12 bits per heavy atom. The number of likely N-dealkylation sites (tertiary alicyclic amines) is 1. The molecule has 1 saturated heterocycles. The number of halogens is 4. The van der Waals surface area contributed by atoms with E-state index in [9.17, 15) is 22.4 Å². The van der Waals surface area contributed by atoms with E-state index in [0.29, 0.717) is 18.7 Å². The van der Waals surface area contributed by atoms with Crippen molar-refractivity contribution in [3.63, 3.8) is 0 Å². The third-order valence-electron chi connectivity index (χ3n) is 6.60. The fraction of sp³-hybridized carbons (Fsp3) is 0.478. The molecule has 34 heavy (non-hydrogen) atoms. The van der Waals surface area contributed by atoms with Gasteiger partial charge in [0.2, 0.25) is 0 Å². The maximum atomic E-state index is 13.5. The maximum Gasteiger partial charge on any atom is 0.387 e. The predicted molar refractivity (Wildman–Crippen MR) is 113 cm³/mol. The van der Waals surface area contributed by atoms with Gasteiger partial charge in [-0.15, -0.1) is 0 Å². The number of hydrogen-bond donors (Lipinski definition) is 0. The number of fused-ring (bicyclic) bond motifs is 1. The van der Waals surface area contributed by atoms with Crippen LogP contribution in [0.4, 0.5) is 17.6 Å². The van der Waals surface area contributed by atoms with Gasteiger partial charge in [0, 0.05) is 24.6 Å². The number of carbonyl (C=O) groups excluding carboxylic acids is 1. The first-order valence-corrected chi connectivity index (χ1v) is 11.2. The van der Waals surface area contributed by atoms with Crippen LogP contribution in [0.15, 0.2) is 30.6 Å². The highest BCUT2D eigenvalue weighted by Crippen LogP contribution is 2.42. The van der Waals surface area contributed by atoms with E-state index in [4.69, 9.17) is 0 Å². The average molecular weight is 477 g/mol. The minimum atomic E-state index is -2.99. The molecule has 2 aliphatic rings. The van der Waals surface area contributed by atoms with Crippen molar-refractivity contribution in [1.29, 1.82) is 0 Å². The highest BCUT2D eigenvalue weighted by molar-refractivity contribution is 5.95. The molecule has 2 fully saturated rings. The smallest absolute Gasteiger partial charge is 0.387 e. The van der Waals surface area contributed by atoms with Crippen molar-refractivity contribution >= 4 is 11.7 Å². The molecule has 0 unspecified atom stereocenters. The molecule has 0 bridgehead atoms. The lowest BCUT2D eigenvalue weighted by Gasteiger charge is -2.37. The van der Waals surface area contributed by atoms with Gasteiger partial charge in [-0.05, 0) is 60.9 Å². The van der Waals surface area contributed by atoms with Gasteiger partial charge < -0.3 is 9.64 Å². The van der Waals surface area contributed by atoms with Crippen molar-refractivity contribution in [3.8, 4) is 5.75 Å². The van der Waals surface area contributed by atoms with Crippen molar-refractivity contribution in [1.82, 2.24) is 24.5 Å². The van der Waals surface area contributed by atoms with Crippen molar-refractivity contribution < 1.29 is 27.1 Å². The Morgan fingerprint density at radius 2 is 1.91 bits per heavy atom. The zero-order valence-corrected chi connectivity index (χ0v) is 18.4. The summed E-state index contributed by atoms with van der Waals surface area (Å²) in [6.07, 6.45) is 1.01. The van der Waals surface area contributed by atoms with Crippen LogP contribution in [0, 0.1) is 5.92 Å². The summed E-state index contributed by atoms with van der Waals surface area (Å²) >= 11 is 0. The molecule has 1 aliphatic heterocycles. The number of alkyl halides is 4. The quantitative estimate of drug-likeness (QED) is 0.477. The zero-order chi connectivity index (χ0) is 24.0. The van der Waals surface area contributed by atoms with E-state index in [2.05, 4.69) is 19.8 Å². The number of nitrogens with zero attached hydrogens (tertiary/aromatic N) is 5. The first kappa shape index (κ1) is 22.5. The average Bonchev–Trinajstić information content (AvgIpc) is 3.55. The lowest BCUT2D eigenvalue weighted by Crippen LogP contribution is -2.42. The van der Waals surface area contributed by atoms with E-state index in [1.54, 1.807) is 17.0 Å². The maximum absolute atomic E-state index is 13.5. The van der Waals surface area contributed by atoms with E-state index in [1.807, 2.05) is 6.92 Å². The summed E-state index contributed by atoms with van der Waals surface area (Å²) < 4.78 is 58.6. The summed E-state index contributed by atoms with van der Waals surface area (Å²) in [6.45, 7) is -0.263. The number of hydrogen-bond acceptors (Lipinski definition) is 5. The van der Waals surface area contributed by atoms with E-state index in [-0.39, 0.29) is 47.3 Å². The van der Waals surface area contributed by atoms with Gasteiger partial charge in [-0.3, -0.25) is 4.79 Å². The highest BCUT2D eigenvalue weighted by Gasteiger charge is 2.34. The van der Waals surface area contributed by atoms with Gasteiger partial charge >= 0.3 is 6.61 Å². The Bertz CT molecular complexity index is 1210. The van der Waals surface area contributed by atoms with E-state index in [0.717, 1.165) is 18.4 Å². The molecule has 5 rings (SSSR count). The minimum absolute atomic E-state index is 0.0373. The van der Waals surface area contributed by atoms with E-state index in [1.165, 1.54) is 23.0 Å². The molecule has 0 spiro atoms. The van der Waals surface area contributed by atoms with Crippen LogP contribution in [-0.2, 0) is 0 Å². The molecule has 2 aromatic heterocycles. The fourth-order valence-corrected chi connectivity index (χ4v) is 4.62. The Kier molecular flexibility index (Phi) is 5.86. The molecule has 1 saturated carbocycles. The second-order valence-electron chi connectivity index (χ2n) is 8.95. The molecular weight excluding hydrogens is 454 g/mol. The third-order valence-corrected chi connectivity index (χ3v) is 6.60. The normalized spacial score (nSPS) is 21.0. The summed E-state index contributed by atoms with van der Waals surface area (Å²) in [5, 5.41) is 4.14. The van der Waals surface area contributed by atoms with E-state index < -0.39 is 18.7 Å². The molecular formula is C23H23F4N5O2. The summed E-state index contributed by atoms with van der Waals surface area (Å²) in [4.78, 5) is 22.9. The topological polar surface area (TPSA) is 72.6 Å². The van der Waals surface area contributed by atoms with Gasteiger partial charge in [0.15, 0.2) is 0 Å². The fourth-order valence-electron chi connectivity index (χ4n) is 4.62. The molecule has 180 valence electrons. The molecule has 3 aromatic rings. The standard InChI is InChI=1S/C23H23F4N5O2/c1-12-4-5-31(10-17(12)19-9-18(20(24)25)30-23-28-11-29-32(19)23)21(33)15-6-14(13-2-3-13)7-16(8-15)34-22(26)27/h6-9,11-13,17,20,22H,2-5,10H2,1H3/t12-,17-/m1/s1. The Labute approximate surface area is 192 Å². The highest BCUT2D eigenvalue weighted by atomic mass is 19.3. The van der Waals surface area contributed by atoms with Gasteiger partial charge in [-0.1, -0.05) is 6.92 Å². The number of ether oxygens (including phenoxy) is 1. The van der Waals surface area contributed by atoms with Crippen molar-refractivity contribution in [2.24, 2.45) is 5.92 Å². The number of aromatic nitrogens is 4. The van der Waals surface area contributed by atoms with Gasteiger partial charge in [-0.2, -0.15) is 18.9 Å². The summed E-state index contributed by atoms with van der Waals surface area (Å²) in [6, 6.07) is 5.96. The molecule has 1 aromatic carbocycles. The first-order chi connectivity index (χ1) is 16.3. The van der Waals surface area contributed by atoms with Crippen LogP contribution in [0.2, 0.25) is 0 Å². The summed E-state index contributed by atoms with van der Waals surface area (Å²) in [5.41, 5.74) is 1.21. The SMILES string of the molecule is C[C@@H]1CCN(C(=O)c2cc(OC(F)F)cc(C3CC3)c2)C[C@H]1c1cc(C(F)F)nc2ncnn12. The number of amides is 1. The van der Waals surface area contributed by atoms with Crippen molar-refractivity contribution in [3.05, 3.63) is 53.1 Å². The largest absolute Gasteiger partial charge is 0.435 e. The van der Waals surface area contributed by atoms with Crippen molar-refractivity contribution in [2.75, 3.05) is 13.1 Å². The van der Waals surface area contributed by atoms with Crippen LogP contribution in [0.1, 0.15) is 71.8 Å². The number of benzene rings is 1. The molecule has 3 heterocycles. The van der Waals surface area contributed by atoms with Crippen LogP contribution in [0.25, 0.3) is 5.78 Å². The molecule has 0 N–H and O–H groups in total. The number of piperidine rings is 1. The third kappa shape index (κ3) is 4.43. The lowest BCUT2D eigenvalue weighted by atomic mass is 9.84. The van der Waals surface area contributed by atoms with Crippen LogP contribution in [0.3, 0.4) is 0 Å². The Morgan fingerprint density at radius 3 is 2.62 bits per heavy atom. The van der Waals surface area contributed by atoms with Gasteiger partial charge in [0.25, 0.3) is 18.1 Å². The second kappa shape index (κ2) is 8.84. The van der Waals surface area contributed by atoms with Crippen LogP contribution < -0.4 is 4.74 Å². The minimum Gasteiger partial charge on any atom is -0.435 e. The lowest BCUT2D eigenvalue weighted by molar-refractivity contribution is -0.0499. The van der Waals surface area contributed by atoms with Crippen LogP contribution in [0.5, 0.6) is 5.75 Å². The van der Waals surface area contributed by atoms with Crippen LogP contribution >= 0.6 is 0 Å². The molecule has 2 atom stereocenters. The molecule has 1 aliphatic carbocycles. The molecule has 0 radical (unpaired) electrons. The summed E-state index contributed by atoms with van der Waals surface area (Å²) in [5.74, 6) is -0.228. The van der Waals surface area contributed by atoms with Crippen LogP contribution in [-0.4, -0.2) is 50.1 Å². The Balaban J connectivity index is 1.46. The number of rotatable bonds is 6. The van der Waals surface area contributed by atoms with Gasteiger partial charge in [0.05, 0.1) is 5.69 Å². The predicted octanol–water partition coefficient (Wildman–Crippen LogP) is 4.81.